The summed E-state index contributed by atoms with van der Waals surface area (Å²) in [5, 5.41) is 2.96. The van der Waals surface area contributed by atoms with Gasteiger partial charge in [0.05, 0.1) is 7.11 Å². The Bertz CT molecular complexity index is 859. The molecule has 0 radical (unpaired) electrons. The summed E-state index contributed by atoms with van der Waals surface area (Å²) in [6.07, 6.45) is 1.51. The quantitative estimate of drug-likeness (QED) is 0.865. The van der Waals surface area contributed by atoms with E-state index in [0.29, 0.717) is 19.5 Å². The topological polar surface area (TPSA) is 65.1 Å². The Morgan fingerprint density at radius 3 is 2.14 bits per heavy atom. The molecular weight excluding hydrogens is 368 g/mol. The summed E-state index contributed by atoms with van der Waals surface area (Å²) in [7, 11) is 1.66. The minimum absolute atomic E-state index is 0.0932. The molecule has 0 aromatic heterocycles. The predicted molar refractivity (Wildman–Crippen MR) is 114 cm³/mol. The molecule has 2 aromatic rings. The zero-order chi connectivity index (χ0) is 20.2. The maximum atomic E-state index is 12.6. The molecule has 7 heteroatoms. The average Bonchev–Trinajstić information content (AvgIpc) is 3.20. The number of carbonyl (C=O) groups is 2. The van der Waals surface area contributed by atoms with Crippen molar-refractivity contribution >= 4 is 29.0 Å². The van der Waals surface area contributed by atoms with Crippen molar-refractivity contribution in [1.82, 2.24) is 4.90 Å². The Morgan fingerprint density at radius 2 is 1.55 bits per heavy atom. The minimum atomic E-state index is -0.0932. The van der Waals surface area contributed by atoms with Gasteiger partial charge in [0.15, 0.2) is 0 Å². The summed E-state index contributed by atoms with van der Waals surface area (Å²) in [6.45, 7) is 3.67. The molecule has 2 saturated heterocycles. The second kappa shape index (κ2) is 8.43. The van der Waals surface area contributed by atoms with E-state index in [1.165, 1.54) is 0 Å². The fourth-order valence-electron chi connectivity index (χ4n) is 3.81. The van der Waals surface area contributed by atoms with E-state index in [4.69, 9.17) is 4.74 Å². The molecule has 7 nitrogen and oxygen atoms in total. The normalized spacial score (nSPS) is 16.9. The molecular formula is C22H26N4O3. The number of rotatable bonds is 4. The van der Waals surface area contributed by atoms with Crippen LogP contribution in [-0.2, 0) is 4.79 Å². The van der Waals surface area contributed by atoms with Gasteiger partial charge in [-0.05, 0) is 55.0 Å². The monoisotopic (exact) mass is 394 g/mol. The lowest BCUT2D eigenvalue weighted by molar-refractivity contribution is -0.117. The predicted octanol–water partition coefficient (Wildman–Crippen LogP) is 3.18. The van der Waals surface area contributed by atoms with E-state index in [-0.39, 0.29) is 11.9 Å². The molecule has 4 rings (SSSR count). The van der Waals surface area contributed by atoms with Gasteiger partial charge in [-0.2, -0.15) is 0 Å². The first-order chi connectivity index (χ1) is 14.1. The van der Waals surface area contributed by atoms with Gasteiger partial charge in [0.25, 0.3) is 0 Å². The lowest BCUT2D eigenvalue weighted by Crippen LogP contribution is -2.50. The largest absolute Gasteiger partial charge is 0.497 e. The van der Waals surface area contributed by atoms with Crippen molar-refractivity contribution < 1.29 is 14.3 Å². The SMILES string of the molecule is COc1ccc(N2CCN(C(=O)Nc3ccc(N4CCCC4=O)cc3)CC2)cc1. The number of hydrogen-bond donors (Lipinski definition) is 1. The number of amides is 3. The van der Waals surface area contributed by atoms with Crippen LogP contribution in [0.4, 0.5) is 21.9 Å². The fraction of sp³-hybridized carbons (Fsp3) is 0.364. The molecule has 1 N–H and O–H groups in total. The van der Waals surface area contributed by atoms with Crippen LogP contribution in [0.2, 0.25) is 0 Å². The number of nitrogens with one attached hydrogen (secondary N) is 1. The minimum Gasteiger partial charge on any atom is -0.497 e. The third kappa shape index (κ3) is 4.29. The molecule has 0 spiro atoms. The molecule has 0 aliphatic carbocycles. The highest BCUT2D eigenvalue weighted by Gasteiger charge is 2.23. The smallest absolute Gasteiger partial charge is 0.321 e. The van der Waals surface area contributed by atoms with E-state index >= 15 is 0 Å². The van der Waals surface area contributed by atoms with Gasteiger partial charge in [-0.25, -0.2) is 4.79 Å². The maximum absolute atomic E-state index is 12.6. The molecule has 0 bridgehead atoms. The zero-order valence-electron chi connectivity index (χ0n) is 16.6. The Kier molecular flexibility index (Phi) is 5.55. The number of anilines is 3. The number of benzene rings is 2. The van der Waals surface area contributed by atoms with Crippen LogP contribution in [-0.4, -0.2) is 56.7 Å². The highest BCUT2D eigenvalue weighted by molar-refractivity contribution is 5.96. The maximum Gasteiger partial charge on any atom is 0.321 e. The third-order valence-corrected chi connectivity index (χ3v) is 5.51. The van der Waals surface area contributed by atoms with Gasteiger partial charge in [0.2, 0.25) is 5.91 Å². The summed E-state index contributed by atoms with van der Waals surface area (Å²) in [5.74, 6) is 1.00. The first-order valence-corrected chi connectivity index (χ1v) is 9.99. The number of nitrogens with zero attached hydrogens (tertiary/aromatic N) is 3. The van der Waals surface area contributed by atoms with Gasteiger partial charge in [0, 0.05) is 56.2 Å². The number of urea groups is 1. The fourth-order valence-corrected chi connectivity index (χ4v) is 3.81. The molecule has 2 heterocycles. The van der Waals surface area contributed by atoms with Crippen molar-refractivity contribution in [2.75, 3.05) is 55.0 Å². The van der Waals surface area contributed by atoms with E-state index in [1.54, 1.807) is 12.0 Å². The molecule has 0 saturated carbocycles. The highest BCUT2D eigenvalue weighted by Crippen LogP contribution is 2.24. The van der Waals surface area contributed by atoms with Crippen molar-refractivity contribution in [3.63, 3.8) is 0 Å². The van der Waals surface area contributed by atoms with Crippen LogP contribution in [0.5, 0.6) is 5.75 Å². The highest BCUT2D eigenvalue weighted by atomic mass is 16.5. The van der Waals surface area contributed by atoms with Crippen molar-refractivity contribution in [3.05, 3.63) is 48.5 Å². The van der Waals surface area contributed by atoms with Gasteiger partial charge < -0.3 is 24.8 Å². The van der Waals surface area contributed by atoms with Gasteiger partial charge in [-0.1, -0.05) is 0 Å². The molecule has 29 heavy (non-hydrogen) atoms. The van der Waals surface area contributed by atoms with Crippen LogP contribution in [0.3, 0.4) is 0 Å². The number of ether oxygens (including phenoxy) is 1. The Labute approximate surface area is 170 Å². The van der Waals surface area contributed by atoms with Gasteiger partial charge in [0.1, 0.15) is 5.75 Å². The molecule has 2 fully saturated rings. The first-order valence-electron chi connectivity index (χ1n) is 9.99. The number of piperazine rings is 1. The van der Waals surface area contributed by atoms with Crippen LogP contribution in [0.15, 0.2) is 48.5 Å². The van der Waals surface area contributed by atoms with Crippen LogP contribution in [0.25, 0.3) is 0 Å². The van der Waals surface area contributed by atoms with Gasteiger partial charge in [-0.15, -0.1) is 0 Å². The Balaban J connectivity index is 1.30. The molecule has 2 aliphatic heterocycles. The lowest BCUT2D eigenvalue weighted by Gasteiger charge is -2.36. The molecule has 0 atom stereocenters. The summed E-state index contributed by atoms with van der Waals surface area (Å²) in [6, 6.07) is 15.4. The van der Waals surface area contributed by atoms with E-state index in [1.807, 2.05) is 53.4 Å². The zero-order valence-corrected chi connectivity index (χ0v) is 16.6. The van der Waals surface area contributed by atoms with E-state index < -0.39 is 0 Å². The van der Waals surface area contributed by atoms with Gasteiger partial charge >= 0.3 is 6.03 Å². The molecule has 2 aromatic carbocycles. The van der Waals surface area contributed by atoms with Crippen LogP contribution in [0.1, 0.15) is 12.8 Å². The van der Waals surface area contributed by atoms with E-state index in [9.17, 15) is 9.59 Å². The van der Waals surface area contributed by atoms with E-state index in [0.717, 1.165) is 48.9 Å². The number of hydrogen-bond acceptors (Lipinski definition) is 4. The molecule has 0 unspecified atom stereocenters. The van der Waals surface area contributed by atoms with E-state index in [2.05, 4.69) is 10.2 Å². The summed E-state index contributed by atoms with van der Waals surface area (Å²) in [5.41, 5.74) is 2.76. The lowest BCUT2D eigenvalue weighted by atomic mass is 10.2. The van der Waals surface area contributed by atoms with Crippen molar-refractivity contribution in [3.8, 4) is 5.75 Å². The van der Waals surface area contributed by atoms with Crippen LogP contribution in [0, 0.1) is 0 Å². The average molecular weight is 394 g/mol. The Morgan fingerprint density at radius 1 is 0.897 bits per heavy atom. The van der Waals surface area contributed by atoms with Crippen LogP contribution < -0.4 is 19.9 Å². The molecule has 3 amide bonds. The molecule has 152 valence electrons. The summed E-state index contributed by atoms with van der Waals surface area (Å²) in [4.78, 5) is 30.3. The summed E-state index contributed by atoms with van der Waals surface area (Å²) >= 11 is 0. The number of carbonyl (C=O) groups excluding carboxylic acids is 2. The van der Waals surface area contributed by atoms with Crippen LogP contribution >= 0.6 is 0 Å². The standard InChI is InChI=1S/C22H26N4O3/c1-29-20-10-8-18(9-11-20)24-13-15-25(16-14-24)22(28)23-17-4-6-19(7-5-17)26-12-2-3-21(26)27/h4-11H,2-3,12-16H2,1H3,(H,23,28). The van der Waals surface area contributed by atoms with Gasteiger partial charge in [-0.3, -0.25) is 4.79 Å². The summed E-state index contributed by atoms with van der Waals surface area (Å²) < 4.78 is 5.20. The first kappa shape index (κ1) is 19.1. The number of methoxy groups -OCH3 is 1. The second-order valence-electron chi connectivity index (χ2n) is 7.30. The third-order valence-electron chi connectivity index (χ3n) is 5.51. The van der Waals surface area contributed by atoms with Crippen molar-refractivity contribution in [1.29, 1.82) is 0 Å². The van der Waals surface area contributed by atoms with Crippen molar-refractivity contribution in [2.45, 2.75) is 12.8 Å². The Hall–Kier alpha value is -3.22. The second-order valence-corrected chi connectivity index (χ2v) is 7.30. The van der Waals surface area contributed by atoms with Crippen molar-refractivity contribution in [2.24, 2.45) is 0 Å². The molecule has 2 aliphatic rings.